The summed E-state index contributed by atoms with van der Waals surface area (Å²) in [5.74, 6) is -0.481. The number of aromatic nitrogens is 1. The van der Waals surface area contributed by atoms with Crippen LogP contribution in [0.4, 0.5) is 5.82 Å². The van der Waals surface area contributed by atoms with Crippen molar-refractivity contribution in [3.8, 4) is 0 Å². The fourth-order valence-corrected chi connectivity index (χ4v) is 1.46. The highest BCUT2D eigenvalue weighted by molar-refractivity contribution is 6.66. The van der Waals surface area contributed by atoms with E-state index in [0.29, 0.717) is 0 Å². The van der Waals surface area contributed by atoms with Gasteiger partial charge in [-0.05, 0) is 16.0 Å². The SMILES string of the molecule is O=[N+]([O-])c1cc(C(Cl)(Cl)Cl)cc(C(Cl)Cl)n1. The van der Waals surface area contributed by atoms with Gasteiger partial charge in [0.15, 0.2) is 10.5 Å². The van der Waals surface area contributed by atoms with Crippen molar-refractivity contribution in [3.05, 3.63) is 33.5 Å². The van der Waals surface area contributed by atoms with Crippen LogP contribution in [0, 0.1) is 10.1 Å². The molecule has 1 rings (SSSR count). The molecule has 0 saturated carbocycles. The first-order valence-corrected chi connectivity index (χ1v) is 5.74. The van der Waals surface area contributed by atoms with Crippen LogP contribution in [-0.4, -0.2) is 9.91 Å². The van der Waals surface area contributed by atoms with E-state index in [-0.39, 0.29) is 11.3 Å². The van der Waals surface area contributed by atoms with E-state index in [1.54, 1.807) is 0 Å². The first-order chi connectivity index (χ1) is 7.21. The van der Waals surface area contributed by atoms with E-state index in [9.17, 15) is 10.1 Å². The monoisotopic (exact) mass is 322 g/mol. The maximum Gasteiger partial charge on any atom is 0.364 e. The van der Waals surface area contributed by atoms with Crippen LogP contribution in [-0.2, 0) is 3.79 Å². The lowest BCUT2D eigenvalue weighted by Gasteiger charge is -2.11. The van der Waals surface area contributed by atoms with Crippen LogP contribution in [0.15, 0.2) is 12.1 Å². The van der Waals surface area contributed by atoms with Crippen molar-refractivity contribution in [2.45, 2.75) is 8.63 Å². The number of rotatable bonds is 2. The van der Waals surface area contributed by atoms with Crippen molar-refractivity contribution < 1.29 is 4.92 Å². The van der Waals surface area contributed by atoms with E-state index in [2.05, 4.69) is 4.98 Å². The Morgan fingerprint density at radius 2 is 1.88 bits per heavy atom. The summed E-state index contributed by atoms with van der Waals surface area (Å²) in [7, 11) is 0. The standard InChI is InChI=1S/C7H3Cl5N2O2/c8-6(9)4-1-3(7(10,11)12)2-5(13-4)14(15)16/h1-2,6H. The third kappa shape index (κ3) is 3.50. The van der Waals surface area contributed by atoms with Crippen molar-refractivity contribution in [2.24, 2.45) is 0 Å². The molecular formula is C7H3Cl5N2O2. The van der Waals surface area contributed by atoms with E-state index in [4.69, 9.17) is 58.0 Å². The molecule has 0 saturated heterocycles. The van der Waals surface area contributed by atoms with Gasteiger partial charge in [-0.3, -0.25) is 0 Å². The van der Waals surface area contributed by atoms with Gasteiger partial charge in [0, 0.05) is 11.6 Å². The molecule has 88 valence electrons. The minimum absolute atomic E-state index is 0.0545. The highest BCUT2D eigenvalue weighted by Gasteiger charge is 2.28. The topological polar surface area (TPSA) is 56.0 Å². The molecule has 0 N–H and O–H groups in total. The minimum atomic E-state index is -1.80. The van der Waals surface area contributed by atoms with Crippen LogP contribution in [0.25, 0.3) is 0 Å². The average molecular weight is 324 g/mol. The number of nitrogens with zero attached hydrogens (tertiary/aromatic N) is 2. The molecule has 16 heavy (non-hydrogen) atoms. The summed E-state index contributed by atoms with van der Waals surface area (Å²) >= 11 is 27.9. The number of pyridine rings is 1. The molecule has 0 amide bonds. The molecule has 0 aliphatic carbocycles. The second-order valence-corrected chi connectivity index (χ2v) is 6.07. The van der Waals surface area contributed by atoms with Crippen LogP contribution in [0.3, 0.4) is 0 Å². The quantitative estimate of drug-likeness (QED) is 0.463. The van der Waals surface area contributed by atoms with Gasteiger partial charge in [-0.25, -0.2) is 0 Å². The minimum Gasteiger partial charge on any atom is -0.358 e. The normalized spacial score (nSPS) is 11.9. The maximum atomic E-state index is 10.6. The second-order valence-electron chi connectivity index (χ2n) is 2.69. The third-order valence-corrected chi connectivity index (χ3v) is 2.67. The fraction of sp³-hybridized carbons (Fsp3) is 0.286. The zero-order valence-corrected chi connectivity index (χ0v) is 11.1. The van der Waals surface area contributed by atoms with Crippen LogP contribution < -0.4 is 0 Å². The number of nitro groups is 1. The van der Waals surface area contributed by atoms with E-state index < -0.39 is 19.4 Å². The molecular weight excluding hydrogens is 321 g/mol. The molecule has 9 heteroatoms. The Morgan fingerprint density at radius 1 is 1.31 bits per heavy atom. The number of hydrogen-bond acceptors (Lipinski definition) is 3. The molecule has 1 aromatic rings. The lowest BCUT2D eigenvalue weighted by atomic mass is 10.2. The van der Waals surface area contributed by atoms with Gasteiger partial charge < -0.3 is 10.1 Å². The first kappa shape index (κ1) is 14.1. The van der Waals surface area contributed by atoms with Crippen molar-refractivity contribution in [1.29, 1.82) is 0 Å². The number of alkyl halides is 5. The summed E-state index contributed by atoms with van der Waals surface area (Å²) in [5.41, 5.74) is 0.138. The van der Waals surface area contributed by atoms with Gasteiger partial charge in [-0.2, -0.15) is 0 Å². The van der Waals surface area contributed by atoms with Crippen molar-refractivity contribution in [3.63, 3.8) is 0 Å². The van der Waals surface area contributed by atoms with Gasteiger partial charge >= 0.3 is 5.82 Å². The Kier molecular flexibility index (Phi) is 4.49. The summed E-state index contributed by atoms with van der Waals surface area (Å²) in [6.07, 6.45) is 0. The third-order valence-electron chi connectivity index (χ3n) is 1.57. The zero-order chi connectivity index (χ0) is 12.5. The molecule has 0 spiro atoms. The summed E-state index contributed by atoms with van der Waals surface area (Å²) in [6, 6.07) is 2.34. The predicted molar refractivity (Wildman–Crippen MR) is 64.6 cm³/mol. The molecule has 0 bridgehead atoms. The first-order valence-electron chi connectivity index (χ1n) is 3.73. The van der Waals surface area contributed by atoms with Crippen LogP contribution in [0.5, 0.6) is 0 Å². The van der Waals surface area contributed by atoms with E-state index in [0.717, 1.165) is 6.07 Å². The molecule has 1 aromatic heterocycles. The Labute approximate surface area is 116 Å². The Bertz CT molecular complexity index is 418. The van der Waals surface area contributed by atoms with Gasteiger partial charge in [0.05, 0.1) is 0 Å². The molecule has 0 unspecified atom stereocenters. The Morgan fingerprint density at radius 3 is 2.25 bits per heavy atom. The molecule has 0 fully saturated rings. The van der Waals surface area contributed by atoms with Gasteiger partial charge in [0.2, 0.25) is 3.79 Å². The largest absolute Gasteiger partial charge is 0.364 e. The van der Waals surface area contributed by atoms with Crippen molar-refractivity contribution in [1.82, 2.24) is 4.98 Å². The Balaban J connectivity index is 3.36. The van der Waals surface area contributed by atoms with Crippen LogP contribution in [0.2, 0.25) is 0 Å². The van der Waals surface area contributed by atoms with Crippen LogP contribution in [0.1, 0.15) is 16.1 Å². The highest BCUT2D eigenvalue weighted by Crippen LogP contribution is 2.40. The van der Waals surface area contributed by atoms with E-state index >= 15 is 0 Å². The average Bonchev–Trinajstić information content (AvgIpc) is 2.15. The van der Waals surface area contributed by atoms with E-state index in [1.807, 2.05) is 0 Å². The molecule has 1 heterocycles. The van der Waals surface area contributed by atoms with Crippen molar-refractivity contribution in [2.75, 3.05) is 0 Å². The number of hydrogen-bond donors (Lipinski definition) is 0. The predicted octanol–water partition coefficient (Wildman–Crippen LogP) is 4.29. The van der Waals surface area contributed by atoms with Crippen molar-refractivity contribution >= 4 is 63.8 Å². The molecule has 4 nitrogen and oxygen atoms in total. The summed E-state index contributed by atoms with van der Waals surface area (Å²) in [4.78, 5) is 12.4. The van der Waals surface area contributed by atoms with E-state index in [1.165, 1.54) is 6.07 Å². The summed E-state index contributed by atoms with van der Waals surface area (Å²) < 4.78 is -1.80. The lowest BCUT2D eigenvalue weighted by Crippen LogP contribution is -2.05. The lowest BCUT2D eigenvalue weighted by molar-refractivity contribution is -0.389. The van der Waals surface area contributed by atoms with Crippen LogP contribution >= 0.6 is 58.0 Å². The molecule has 0 aromatic carbocycles. The second kappa shape index (κ2) is 5.10. The van der Waals surface area contributed by atoms with Gasteiger partial charge in [0.25, 0.3) is 0 Å². The summed E-state index contributed by atoms with van der Waals surface area (Å²) in [5, 5.41) is 10.6. The molecule has 0 aliphatic rings. The molecule has 0 radical (unpaired) electrons. The Hall–Kier alpha value is -0.000000000000000278. The van der Waals surface area contributed by atoms with Gasteiger partial charge in [-0.1, -0.05) is 58.0 Å². The highest BCUT2D eigenvalue weighted by atomic mass is 35.6. The molecule has 0 atom stereocenters. The van der Waals surface area contributed by atoms with Gasteiger partial charge in [-0.15, -0.1) is 0 Å². The zero-order valence-electron chi connectivity index (χ0n) is 7.33. The van der Waals surface area contributed by atoms with Gasteiger partial charge in [0.1, 0.15) is 0 Å². The fourth-order valence-electron chi connectivity index (χ4n) is 0.906. The maximum absolute atomic E-state index is 10.6. The summed E-state index contributed by atoms with van der Waals surface area (Å²) in [6.45, 7) is 0. The smallest absolute Gasteiger partial charge is 0.358 e. The molecule has 0 aliphatic heterocycles. The number of halogens is 5.